The summed E-state index contributed by atoms with van der Waals surface area (Å²) >= 11 is 0. The Balaban J connectivity index is 1.63. The first-order valence-electron chi connectivity index (χ1n) is 9.43. The van der Waals surface area contributed by atoms with Crippen LogP contribution in [0.4, 0.5) is 5.69 Å². The molecule has 0 bridgehead atoms. The molecular weight excluding hydrogens is 344 g/mol. The molecule has 0 amide bonds. The lowest BCUT2D eigenvalue weighted by Gasteiger charge is -2.36. The van der Waals surface area contributed by atoms with Crippen LogP contribution in [0.2, 0.25) is 0 Å². The number of benzene rings is 2. The molecule has 6 heteroatoms. The predicted molar refractivity (Wildman–Crippen MR) is 102 cm³/mol. The molecule has 0 saturated carbocycles. The molecule has 5 rings (SSSR count). The maximum Gasteiger partial charge on any atom is 0.231 e. The van der Waals surface area contributed by atoms with Gasteiger partial charge in [0.2, 0.25) is 13.6 Å². The van der Waals surface area contributed by atoms with E-state index in [0.717, 1.165) is 58.4 Å². The second kappa shape index (κ2) is 6.37. The van der Waals surface area contributed by atoms with Crippen molar-refractivity contribution in [2.45, 2.75) is 32.7 Å². The molecule has 2 aromatic carbocycles. The zero-order valence-electron chi connectivity index (χ0n) is 15.5. The Morgan fingerprint density at radius 1 is 0.889 bits per heavy atom. The Kier molecular flexibility index (Phi) is 3.85. The maximum atomic E-state index is 5.64. The average Bonchev–Trinajstić information content (AvgIpc) is 3.35. The molecule has 0 atom stereocenters. The summed E-state index contributed by atoms with van der Waals surface area (Å²) in [5.74, 6) is 3.12. The van der Waals surface area contributed by atoms with Crippen LogP contribution in [0, 0.1) is 0 Å². The summed E-state index contributed by atoms with van der Waals surface area (Å²) in [5.41, 5.74) is 4.18. The van der Waals surface area contributed by atoms with Crippen LogP contribution in [0.25, 0.3) is 0 Å². The highest BCUT2D eigenvalue weighted by Crippen LogP contribution is 2.42. The van der Waals surface area contributed by atoms with Crippen molar-refractivity contribution < 1.29 is 18.9 Å². The smallest absolute Gasteiger partial charge is 0.231 e. The van der Waals surface area contributed by atoms with E-state index < -0.39 is 0 Å². The van der Waals surface area contributed by atoms with Crippen LogP contribution in [0.5, 0.6) is 23.0 Å². The van der Waals surface area contributed by atoms with E-state index in [-0.39, 0.29) is 13.6 Å². The van der Waals surface area contributed by atoms with Gasteiger partial charge in [0.05, 0.1) is 11.4 Å². The fourth-order valence-electron chi connectivity index (χ4n) is 4.00. The molecule has 2 aromatic rings. The van der Waals surface area contributed by atoms with Crippen molar-refractivity contribution in [1.82, 2.24) is 0 Å². The van der Waals surface area contributed by atoms with E-state index in [2.05, 4.69) is 30.9 Å². The van der Waals surface area contributed by atoms with Crippen molar-refractivity contribution in [3.8, 4) is 23.0 Å². The maximum absolute atomic E-state index is 5.64. The molecular formula is C21H22N2O4. The number of hydrogen-bond donors (Lipinski definition) is 0. The standard InChI is InChI=1S/C21H22N2O4/c1-3-14(4-2)23-10-22-21(13-5-6-17-18(7-13)25-11-24-17)15-8-19-20(9-16(15)23)27-12-26-19/h5-9,14H,3-4,10-12H2,1-2H3. The van der Waals surface area contributed by atoms with E-state index in [1.807, 2.05) is 18.2 Å². The van der Waals surface area contributed by atoms with Gasteiger partial charge in [-0.1, -0.05) is 13.8 Å². The van der Waals surface area contributed by atoms with E-state index >= 15 is 0 Å². The third kappa shape index (κ3) is 2.59. The summed E-state index contributed by atoms with van der Waals surface area (Å²) in [6, 6.07) is 10.6. The summed E-state index contributed by atoms with van der Waals surface area (Å²) in [5, 5.41) is 0. The molecule has 0 aromatic heterocycles. The van der Waals surface area contributed by atoms with Crippen molar-refractivity contribution >= 4 is 11.4 Å². The molecule has 27 heavy (non-hydrogen) atoms. The fourth-order valence-corrected chi connectivity index (χ4v) is 4.00. The van der Waals surface area contributed by atoms with Crippen molar-refractivity contribution in [1.29, 1.82) is 0 Å². The van der Waals surface area contributed by atoms with E-state index in [1.165, 1.54) is 0 Å². The topological polar surface area (TPSA) is 52.5 Å². The molecule has 0 saturated heterocycles. The third-order valence-corrected chi connectivity index (χ3v) is 5.47. The largest absolute Gasteiger partial charge is 0.454 e. The molecule has 6 nitrogen and oxygen atoms in total. The first-order valence-corrected chi connectivity index (χ1v) is 9.43. The van der Waals surface area contributed by atoms with Crippen LogP contribution < -0.4 is 23.8 Å². The molecule has 0 N–H and O–H groups in total. The minimum absolute atomic E-state index is 0.264. The van der Waals surface area contributed by atoms with Gasteiger partial charge in [-0.15, -0.1) is 0 Å². The van der Waals surface area contributed by atoms with E-state index in [4.69, 9.17) is 23.9 Å². The molecule has 3 aliphatic heterocycles. The molecule has 0 fully saturated rings. The Bertz CT molecular complexity index is 921. The summed E-state index contributed by atoms with van der Waals surface area (Å²) in [6.45, 7) is 5.60. The van der Waals surface area contributed by atoms with Gasteiger partial charge >= 0.3 is 0 Å². The van der Waals surface area contributed by atoms with Gasteiger partial charge in [-0.2, -0.15) is 0 Å². The summed E-state index contributed by atoms with van der Waals surface area (Å²) in [7, 11) is 0. The number of fused-ring (bicyclic) bond motifs is 3. The number of hydrogen-bond acceptors (Lipinski definition) is 6. The summed E-state index contributed by atoms with van der Waals surface area (Å²) < 4.78 is 22.3. The van der Waals surface area contributed by atoms with Crippen LogP contribution in [0.3, 0.4) is 0 Å². The minimum atomic E-state index is 0.264. The number of ether oxygens (including phenoxy) is 4. The Hall–Kier alpha value is -2.89. The third-order valence-electron chi connectivity index (χ3n) is 5.47. The van der Waals surface area contributed by atoms with Crippen molar-refractivity contribution in [3.05, 3.63) is 41.5 Å². The lowest BCUT2D eigenvalue weighted by molar-refractivity contribution is 0.173. The molecule has 3 heterocycles. The van der Waals surface area contributed by atoms with E-state index in [9.17, 15) is 0 Å². The van der Waals surface area contributed by atoms with Crippen LogP contribution >= 0.6 is 0 Å². The molecule has 0 radical (unpaired) electrons. The first-order chi connectivity index (χ1) is 13.3. The molecule has 0 aliphatic carbocycles. The Morgan fingerprint density at radius 2 is 1.56 bits per heavy atom. The molecule has 140 valence electrons. The number of anilines is 1. The highest BCUT2D eigenvalue weighted by atomic mass is 16.7. The Labute approximate surface area is 158 Å². The molecule has 0 unspecified atom stereocenters. The van der Waals surface area contributed by atoms with Crippen molar-refractivity contribution in [2.75, 3.05) is 25.2 Å². The van der Waals surface area contributed by atoms with Crippen molar-refractivity contribution in [2.24, 2.45) is 4.99 Å². The van der Waals surface area contributed by atoms with Gasteiger partial charge in [-0.05, 0) is 37.1 Å². The van der Waals surface area contributed by atoms with Gasteiger partial charge in [0, 0.05) is 23.2 Å². The van der Waals surface area contributed by atoms with Crippen LogP contribution in [0.1, 0.15) is 37.8 Å². The SMILES string of the molecule is CCC(CC)N1CN=C(c2ccc3c(c2)OCO3)c2cc3c(cc21)OCO3. The zero-order valence-corrected chi connectivity index (χ0v) is 15.5. The van der Waals surface area contributed by atoms with E-state index in [0.29, 0.717) is 12.7 Å². The summed E-state index contributed by atoms with van der Waals surface area (Å²) in [6.07, 6.45) is 2.14. The second-order valence-corrected chi connectivity index (χ2v) is 6.88. The van der Waals surface area contributed by atoms with Gasteiger partial charge < -0.3 is 23.8 Å². The lowest BCUT2D eigenvalue weighted by Crippen LogP contribution is -2.38. The zero-order chi connectivity index (χ0) is 18.4. The highest BCUT2D eigenvalue weighted by molar-refractivity contribution is 6.17. The number of aliphatic imine (C=N–C) groups is 1. The van der Waals surface area contributed by atoms with E-state index in [1.54, 1.807) is 0 Å². The van der Waals surface area contributed by atoms with Gasteiger partial charge in [-0.3, -0.25) is 4.99 Å². The Morgan fingerprint density at radius 3 is 2.30 bits per heavy atom. The first kappa shape index (κ1) is 16.3. The predicted octanol–water partition coefficient (Wildman–Crippen LogP) is 3.95. The monoisotopic (exact) mass is 366 g/mol. The van der Waals surface area contributed by atoms with Gasteiger partial charge in [-0.25, -0.2) is 0 Å². The normalized spacial score (nSPS) is 16.6. The van der Waals surface area contributed by atoms with Gasteiger partial charge in [0.15, 0.2) is 23.0 Å². The summed E-state index contributed by atoms with van der Waals surface area (Å²) in [4.78, 5) is 7.31. The minimum Gasteiger partial charge on any atom is -0.454 e. The highest BCUT2D eigenvalue weighted by Gasteiger charge is 2.29. The lowest BCUT2D eigenvalue weighted by atomic mass is 9.96. The average molecular weight is 366 g/mol. The van der Waals surface area contributed by atoms with Gasteiger partial charge in [0.25, 0.3) is 0 Å². The number of nitrogens with zero attached hydrogens (tertiary/aromatic N) is 2. The second-order valence-electron chi connectivity index (χ2n) is 6.88. The van der Waals surface area contributed by atoms with Crippen LogP contribution in [-0.2, 0) is 0 Å². The van der Waals surface area contributed by atoms with Crippen LogP contribution in [0.15, 0.2) is 35.3 Å². The van der Waals surface area contributed by atoms with Crippen LogP contribution in [-0.4, -0.2) is 32.0 Å². The molecule has 0 spiro atoms. The fraction of sp³-hybridized carbons (Fsp3) is 0.381. The number of rotatable bonds is 4. The van der Waals surface area contributed by atoms with Gasteiger partial charge in [0.1, 0.15) is 6.67 Å². The van der Waals surface area contributed by atoms with Crippen molar-refractivity contribution in [3.63, 3.8) is 0 Å². The molecule has 3 aliphatic rings. The quantitative estimate of drug-likeness (QED) is 0.820.